The van der Waals surface area contributed by atoms with Crippen LogP contribution in [0.1, 0.15) is 0 Å². The predicted molar refractivity (Wildman–Crippen MR) is 185 cm³/mol. The first kappa shape index (κ1) is 48.5. The summed E-state index contributed by atoms with van der Waals surface area (Å²) in [5.41, 5.74) is -2.95. The zero-order valence-corrected chi connectivity index (χ0v) is 31.3. The van der Waals surface area contributed by atoms with Crippen LogP contribution < -0.4 is 56.7 Å². The molecule has 28 heteroatoms. The second-order valence-electron chi connectivity index (χ2n) is 9.92. The number of ether oxygens (including phenoxy) is 1. The van der Waals surface area contributed by atoms with Crippen molar-refractivity contribution in [2.24, 2.45) is 54.3 Å². The maximum absolute atomic E-state index is 11.2. The monoisotopic (exact) mass is 754 g/mol. The van der Waals surface area contributed by atoms with Crippen molar-refractivity contribution in [2.45, 2.75) is 0 Å². The number of amides is 5. The van der Waals surface area contributed by atoms with Gasteiger partial charge in [0.2, 0.25) is 16.0 Å². The van der Waals surface area contributed by atoms with Gasteiger partial charge in [-0.05, 0) is 14.1 Å². The number of nitrogens with zero attached hydrogens (tertiary/aromatic N) is 11. The van der Waals surface area contributed by atoms with Gasteiger partial charge >= 0.3 is 69.6 Å². The van der Waals surface area contributed by atoms with Crippen LogP contribution in [-0.4, -0.2) is 123 Å². The van der Waals surface area contributed by atoms with Crippen molar-refractivity contribution < 1.29 is 28.0 Å². The fourth-order valence-corrected chi connectivity index (χ4v) is 2.97. The zero-order chi connectivity index (χ0) is 42.2. The van der Waals surface area contributed by atoms with Crippen molar-refractivity contribution in [1.29, 1.82) is 0 Å². The number of carbonyl (C=O) groups is 3. The maximum Gasteiger partial charge on any atom is 0.426 e. The number of methoxy groups -OCH3 is 1. The molecule has 290 valence electrons. The first-order valence-electron chi connectivity index (χ1n) is 14.1. The molecule has 3 rings (SSSR count). The van der Waals surface area contributed by atoms with Gasteiger partial charge in [-0.15, -0.1) is 0 Å². The van der Waals surface area contributed by atoms with E-state index in [1.807, 2.05) is 0 Å². The van der Waals surface area contributed by atoms with Crippen LogP contribution in [0.5, 0.6) is 0 Å². The van der Waals surface area contributed by atoms with E-state index in [0.717, 1.165) is 37.4 Å². The lowest BCUT2D eigenvalue weighted by molar-refractivity contribution is 0.173. The average molecular weight is 754 g/mol. The van der Waals surface area contributed by atoms with Crippen LogP contribution in [0.4, 0.5) is 14.4 Å². The van der Waals surface area contributed by atoms with Gasteiger partial charge in [-0.25, -0.2) is 85.1 Å². The van der Waals surface area contributed by atoms with Gasteiger partial charge in [0.15, 0.2) is 0 Å². The molecule has 4 radical (unpaired) electrons. The van der Waals surface area contributed by atoms with E-state index in [-0.39, 0.29) is 5.68 Å². The van der Waals surface area contributed by atoms with E-state index in [9.17, 15) is 52.7 Å². The van der Waals surface area contributed by atoms with Gasteiger partial charge in [0.25, 0.3) is 0 Å². The van der Waals surface area contributed by atoms with Crippen LogP contribution in [-0.2, 0) is 54.1 Å². The van der Waals surface area contributed by atoms with Gasteiger partial charge in [0.1, 0.15) is 0 Å². The van der Waals surface area contributed by atoms with Crippen molar-refractivity contribution in [3.63, 3.8) is 0 Å². The number of aromatic nitrogens is 7. The lowest BCUT2D eigenvalue weighted by Gasteiger charge is -2.23. The van der Waals surface area contributed by atoms with Gasteiger partial charge in [-0.1, -0.05) is 0 Å². The highest BCUT2D eigenvalue weighted by Crippen LogP contribution is 1.94. The number of imide groups is 1. The molecule has 0 bridgehead atoms. The third-order valence-electron chi connectivity index (χ3n) is 6.09. The fraction of sp³-hybridized carbons (Fsp3) is 0.520. The minimum atomic E-state index is -0.946. The summed E-state index contributed by atoms with van der Waals surface area (Å²) in [7, 11) is 27.7. The number of hydrogen-bond acceptors (Lipinski definition) is 15. The Morgan fingerprint density at radius 2 is 0.868 bits per heavy atom. The van der Waals surface area contributed by atoms with Gasteiger partial charge in [0, 0.05) is 70.5 Å². The molecule has 0 aliphatic heterocycles. The third kappa shape index (κ3) is 13.5. The van der Waals surface area contributed by atoms with Crippen LogP contribution in [0.25, 0.3) is 0 Å². The number of rotatable bonds is 0. The summed E-state index contributed by atoms with van der Waals surface area (Å²) in [6.45, 7) is 0. The van der Waals surface area contributed by atoms with Gasteiger partial charge < -0.3 is 28.5 Å². The number of hydrogen-bond donors (Lipinski definition) is 1. The number of nitrogens with one attached hydrogen (secondary N) is 1. The Bertz CT molecular complexity index is 2150. The summed E-state index contributed by atoms with van der Waals surface area (Å²) < 4.78 is 19.0. The third-order valence-corrected chi connectivity index (χ3v) is 6.09. The Kier molecular flexibility index (Phi) is 19.7. The van der Waals surface area contributed by atoms with E-state index in [0.29, 0.717) is 9.13 Å². The topological polar surface area (TPSA) is 292 Å². The Hall–Kier alpha value is -6.63. The molecular formula is C25H40B2N12O14. The molecule has 53 heavy (non-hydrogen) atoms. The van der Waals surface area contributed by atoms with E-state index in [2.05, 4.69) is 23.9 Å². The number of alkyl carbamates (subject to hydrolysis) is 1. The first-order chi connectivity index (χ1) is 24.3. The number of urea groups is 2. The second kappa shape index (κ2) is 21.6. The minimum absolute atomic E-state index is 0.0168. The Morgan fingerprint density at radius 3 is 1.11 bits per heavy atom. The summed E-state index contributed by atoms with van der Waals surface area (Å²) >= 11 is 0. The van der Waals surface area contributed by atoms with E-state index in [1.165, 1.54) is 91.7 Å². The molecule has 0 fully saturated rings. The number of carbonyl (C=O) groups excluding carboxylic acids is 3. The molecule has 0 aromatic carbocycles. The van der Waals surface area contributed by atoms with E-state index in [4.69, 9.17) is 16.0 Å². The van der Waals surface area contributed by atoms with Crippen molar-refractivity contribution in [2.75, 3.05) is 42.3 Å². The molecule has 3 heterocycles. The SMILES string of the molecule is CN=c1oc(=O)n(C)c(=O)n1C.CNC(=O)OC.Cn1c(=O)n(C)c(=O)n(C)c1=O.Cn1c(=O)oc(=O)n(C)c1=O.[B]N(C)C(=O)N(C)C(=O)N([B])C. The van der Waals surface area contributed by atoms with E-state index in [1.54, 1.807) is 0 Å². The maximum atomic E-state index is 11.2. The average Bonchev–Trinajstić information content (AvgIpc) is 3.13. The summed E-state index contributed by atoms with van der Waals surface area (Å²) in [6.07, 6.45) is -0.407. The lowest BCUT2D eigenvalue weighted by Crippen LogP contribution is -2.51. The van der Waals surface area contributed by atoms with Crippen LogP contribution in [0.2, 0.25) is 0 Å². The molecule has 0 atom stereocenters. The fourth-order valence-electron chi connectivity index (χ4n) is 2.97. The lowest BCUT2D eigenvalue weighted by atomic mass is 10.3. The first-order valence-corrected chi connectivity index (χ1v) is 14.1. The smallest absolute Gasteiger partial charge is 0.426 e. The Morgan fingerprint density at radius 1 is 0.585 bits per heavy atom. The molecule has 5 amide bonds. The van der Waals surface area contributed by atoms with Gasteiger partial charge in [-0.3, -0.25) is 9.47 Å². The van der Waals surface area contributed by atoms with Gasteiger partial charge in [-0.2, -0.15) is 0 Å². The normalized spacial score (nSPS) is 9.94. The van der Waals surface area contributed by atoms with Crippen LogP contribution in [0.15, 0.2) is 52.2 Å². The zero-order valence-electron chi connectivity index (χ0n) is 31.3. The Balaban J connectivity index is 0. The molecule has 3 aromatic rings. The standard InChI is InChI=1S/2C6H9N3O3.C5H9B2N3O2.C5H6N2O4.C3H7NO2/c1-7-4-8(2)5(10)9(3)6(11)12-4;1-7-4(10)8(2)6(12)9(3)5(7)11;1-8(4(11)9(2)6)5(12)10(3)7;1-6-3(8)7(2)5(10)11-4(6)9;1-4-3(5)6-2/h3*1-3H3;1-2H3;1-2H3,(H,4,5). The van der Waals surface area contributed by atoms with E-state index >= 15 is 0 Å². The molecular weight excluding hydrogens is 714 g/mol. The summed E-state index contributed by atoms with van der Waals surface area (Å²) in [4.78, 5) is 125. The second-order valence-corrected chi connectivity index (χ2v) is 9.92. The highest BCUT2D eigenvalue weighted by molar-refractivity contribution is 6.18. The predicted octanol–water partition coefficient (Wildman–Crippen LogP) is -6.81. The summed E-state index contributed by atoms with van der Waals surface area (Å²) in [5.74, 6) is -2.60. The minimum Gasteiger partial charge on any atom is -0.453 e. The van der Waals surface area contributed by atoms with Gasteiger partial charge in [0.05, 0.1) is 7.11 Å². The molecule has 0 aliphatic carbocycles. The molecule has 0 spiro atoms. The molecule has 0 unspecified atom stereocenters. The van der Waals surface area contributed by atoms with Crippen LogP contribution in [0.3, 0.4) is 0 Å². The highest BCUT2D eigenvalue weighted by Gasteiger charge is 2.18. The van der Waals surface area contributed by atoms with Crippen LogP contribution >= 0.6 is 0 Å². The molecule has 0 saturated heterocycles. The van der Waals surface area contributed by atoms with Crippen LogP contribution in [0, 0.1) is 0 Å². The van der Waals surface area contributed by atoms with Crippen molar-refractivity contribution in [3.05, 3.63) is 89.8 Å². The quantitative estimate of drug-likeness (QED) is 0.209. The largest absolute Gasteiger partial charge is 0.453 e. The van der Waals surface area contributed by atoms with Crippen molar-refractivity contribution in [1.82, 2.24) is 51.8 Å². The molecule has 3 aromatic heterocycles. The highest BCUT2D eigenvalue weighted by atomic mass is 16.5. The molecule has 1 N–H and O–H groups in total. The summed E-state index contributed by atoms with van der Waals surface area (Å²) in [6, 6.07) is -1.25. The molecule has 0 saturated carbocycles. The van der Waals surface area contributed by atoms with Crippen molar-refractivity contribution >= 4 is 34.1 Å². The molecule has 0 aliphatic rings. The van der Waals surface area contributed by atoms with Crippen molar-refractivity contribution in [3.8, 4) is 0 Å². The summed E-state index contributed by atoms with van der Waals surface area (Å²) in [5, 5.41) is 2.25. The van der Waals surface area contributed by atoms with E-state index < -0.39 is 63.9 Å². The Labute approximate surface area is 300 Å². The molecule has 26 nitrogen and oxygen atoms in total.